The molecule has 0 saturated heterocycles. The Kier molecular flexibility index (Phi) is 5.45. The average Bonchev–Trinajstić information content (AvgIpc) is 3.39. The van der Waals surface area contributed by atoms with Crippen LogP contribution >= 0.6 is 34.5 Å². The fourth-order valence-corrected chi connectivity index (χ4v) is 4.99. The number of halogens is 2. The number of thiazole rings is 1. The SMILES string of the molecule is Cc1ccc2nc(-c3ccc(NCc4ccc(-c5cc(Cl)cc(Cl)c5)o4)cc3)sc2c1. The Morgan fingerprint density at radius 2 is 1.65 bits per heavy atom. The number of anilines is 1. The van der Waals surface area contributed by atoms with E-state index in [1.807, 2.05) is 24.3 Å². The molecule has 154 valence electrons. The van der Waals surface area contributed by atoms with Crippen LogP contribution < -0.4 is 5.32 Å². The van der Waals surface area contributed by atoms with Gasteiger partial charge in [0.2, 0.25) is 0 Å². The molecular weight excluding hydrogens is 447 g/mol. The molecule has 0 aliphatic rings. The van der Waals surface area contributed by atoms with Crippen LogP contribution in [0.4, 0.5) is 5.69 Å². The summed E-state index contributed by atoms with van der Waals surface area (Å²) in [6.45, 7) is 2.68. The molecule has 6 heteroatoms. The van der Waals surface area contributed by atoms with Crippen LogP contribution in [0.25, 0.3) is 32.1 Å². The maximum absolute atomic E-state index is 6.09. The van der Waals surface area contributed by atoms with Crippen LogP contribution in [0.1, 0.15) is 11.3 Å². The molecule has 0 unspecified atom stereocenters. The molecule has 31 heavy (non-hydrogen) atoms. The maximum atomic E-state index is 6.09. The summed E-state index contributed by atoms with van der Waals surface area (Å²) in [7, 11) is 0. The molecule has 0 fully saturated rings. The first kappa shape index (κ1) is 20.1. The molecule has 3 aromatic carbocycles. The van der Waals surface area contributed by atoms with Gasteiger partial charge in [-0.3, -0.25) is 0 Å². The summed E-state index contributed by atoms with van der Waals surface area (Å²) in [4.78, 5) is 4.76. The molecule has 2 heterocycles. The minimum Gasteiger partial charge on any atom is -0.459 e. The highest BCUT2D eigenvalue weighted by Crippen LogP contribution is 2.32. The van der Waals surface area contributed by atoms with Crippen molar-refractivity contribution in [3.05, 3.63) is 94.2 Å². The van der Waals surface area contributed by atoms with Gasteiger partial charge in [-0.2, -0.15) is 0 Å². The summed E-state index contributed by atoms with van der Waals surface area (Å²) >= 11 is 13.9. The third-order valence-electron chi connectivity index (χ3n) is 4.95. The number of furan rings is 1. The third-order valence-corrected chi connectivity index (χ3v) is 6.45. The molecule has 3 nitrogen and oxygen atoms in total. The number of benzene rings is 3. The van der Waals surface area contributed by atoms with Gasteiger partial charge < -0.3 is 9.73 Å². The summed E-state index contributed by atoms with van der Waals surface area (Å²) in [5, 5.41) is 5.60. The van der Waals surface area contributed by atoms with Crippen LogP contribution in [0.2, 0.25) is 10.0 Å². The van der Waals surface area contributed by atoms with Gasteiger partial charge in [0.1, 0.15) is 16.5 Å². The molecule has 2 aromatic heterocycles. The number of aromatic nitrogens is 1. The Morgan fingerprint density at radius 3 is 2.42 bits per heavy atom. The first-order valence-electron chi connectivity index (χ1n) is 9.80. The molecule has 1 N–H and O–H groups in total. The highest BCUT2D eigenvalue weighted by atomic mass is 35.5. The van der Waals surface area contributed by atoms with E-state index in [1.165, 1.54) is 10.3 Å². The smallest absolute Gasteiger partial charge is 0.134 e. The molecule has 0 radical (unpaired) electrons. The third kappa shape index (κ3) is 4.47. The molecular formula is C25H18Cl2N2OS. The molecule has 0 spiro atoms. The van der Waals surface area contributed by atoms with Gasteiger partial charge in [-0.05, 0) is 79.2 Å². The van der Waals surface area contributed by atoms with E-state index in [1.54, 1.807) is 17.4 Å². The van der Waals surface area contributed by atoms with Crippen molar-refractivity contribution in [2.24, 2.45) is 0 Å². The van der Waals surface area contributed by atoms with Crippen molar-refractivity contribution in [3.63, 3.8) is 0 Å². The Balaban J connectivity index is 1.27. The lowest BCUT2D eigenvalue weighted by atomic mass is 10.2. The molecule has 0 aliphatic heterocycles. The van der Waals surface area contributed by atoms with Crippen molar-refractivity contribution < 1.29 is 4.42 Å². The molecule has 5 aromatic rings. The van der Waals surface area contributed by atoms with Crippen LogP contribution in [0, 0.1) is 6.92 Å². The Labute approximate surface area is 194 Å². The summed E-state index contributed by atoms with van der Waals surface area (Å²) in [5.41, 5.74) is 5.29. The Morgan fingerprint density at radius 1 is 0.871 bits per heavy atom. The van der Waals surface area contributed by atoms with E-state index in [-0.39, 0.29) is 0 Å². The maximum Gasteiger partial charge on any atom is 0.134 e. The quantitative estimate of drug-likeness (QED) is 0.283. The van der Waals surface area contributed by atoms with Gasteiger partial charge in [0.15, 0.2) is 0 Å². The highest BCUT2D eigenvalue weighted by Gasteiger charge is 2.09. The summed E-state index contributed by atoms with van der Waals surface area (Å²) < 4.78 is 7.16. The second-order valence-electron chi connectivity index (χ2n) is 7.35. The number of hydrogen-bond acceptors (Lipinski definition) is 4. The van der Waals surface area contributed by atoms with E-state index in [4.69, 9.17) is 32.6 Å². The lowest BCUT2D eigenvalue weighted by Gasteiger charge is -2.05. The van der Waals surface area contributed by atoms with Gasteiger partial charge in [-0.25, -0.2) is 4.98 Å². The molecule has 0 aliphatic carbocycles. The molecule has 5 rings (SSSR count). The number of fused-ring (bicyclic) bond motifs is 1. The van der Waals surface area contributed by atoms with Crippen LogP contribution in [-0.2, 0) is 6.54 Å². The highest BCUT2D eigenvalue weighted by molar-refractivity contribution is 7.21. The molecule has 0 saturated carbocycles. The van der Waals surface area contributed by atoms with Crippen molar-refractivity contribution >= 4 is 50.4 Å². The van der Waals surface area contributed by atoms with Crippen molar-refractivity contribution in [2.45, 2.75) is 13.5 Å². The number of rotatable bonds is 5. The number of aryl methyl sites for hydroxylation is 1. The lowest BCUT2D eigenvalue weighted by Crippen LogP contribution is -1.97. The molecule has 0 atom stereocenters. The fourth-order valence-electron chi connectivity index (χ4n) is 3.40. The summed E-state index contributed by atoms with van der Waals surface area (Å²) in [6, 6.07) is 23.9. The predicted molar refractivity (Wildman–Crippen MR) is 131 cm³/mol. The zero-order chi connectivity index (χ0) is 21.4. The zero-order valence-electron chi connectivity index (χ0n) is 16.7. The Hall–Kier alpha value is -2.79. The lowest BCUT2D eigenvalue weighted by molar-refractivity contribution is 0.531. The van der Waals surface area contributed by atoms with E-state index in [9.17, 15) is 0 Å². The topological polar surface area (TPSA) is 38.1 Å². The van der Waals surface area contributed by atoms with Crippen molar-refractivity contribution in [2.75, 3.05) is 5.32 Å². The van der Waals surface area contributed by atoms with Gasteiger partial charge in [-0.1, -0.05) is 29.3 Å². The van der Waals surface area contributed by atoms with E-state index < -0.39 is 0 Å². The number of nitrogens with zero attached hydrogens (tertiary/aromatic N) is 1. The zero-order valence-corrected chi connectivity index (χ0v) is 19.0. The molecule has 0 bridgehead atoms. The minimum absolute atomic E-state index is 0.577. The minimum atomic E-state index is 0.577. The van der Waals surface area contributed by atoms with Gasteiger partial charge >= 0.3 is 0 Å². The monoisotopic (exact) mass is 464 g/mol. The first-order chi connectivity index (χ1) is 15.0. The van der Waals surface area contributed by atoms with E-state index in [0.29, 0.717) is 16.6 Å². The number of hydrogen-bond donors (Lipinski definition) is 1. The van der Waals surface area contributed by atoms with Crippen LogP contribution in [0.3, 0.4) is 0 Å². The van der Waals surface area contributed by atoms with Crippen LogP contribution in [-0.4, -0.2) is 4.98 Å². The normalized spacial score (nSPS) is 11.2. The molecule has 0 amide bonds. The van der Waals surface area contributed by atoms with Crippen molar-refractivity contribution in [3.8, 4) is 21.9 Å². The second-order valence-corrected chi connectivity index (χ2v) is 9.25. The van der Waals surface area contributed by atoms with Crippen molar-refractivity contribution in [1.29, 1.82) is 0 Å². The van der Waals surface area contributed by atoms with Gasteiger partial charge in [-0.15, -0.1) is 11.3 Å². The fraction of sp³-hybridized carbons (Fsp3) is 0.0800. The average molecular weight is 465 g/mol. The van der Waals surface area contributed by atoms with Gasteiger partial charge in [0.25, 0.3) is 0 Å². The standard InChI is InChI=1S/C25H18Cl2N2OS/c1-15-2-8-22-24(10-15)31-25(29-22)16-3-5-20(6-4-16)28-14-21-7-9-23(30-21)17-11-18(26)13-19(27)12-17/h2-13,28H,14H2,1H3. The predicted octanol–water partition coefficient (Wildman–Crippen LogP) is 8.45. The first-order valence-corrected chi connectivity index (χ1v) is 11.4. The van der Waals surface area contributed by atoms with Crippen molar-refractivity contribution in [1.82, 2.24) is 4.98 Å². The second kappa shape index (κ2) is 8.39. The van der Waals surface area contributed by atoms with E-state index >= 15 is 0 Å². The van der Waals surface area contributed by atoms with Crippen LogP contribution in [0.15, 0.2) is 77.2 Å². The van der Waals surface area contributed by atoms with Crippen LogP contribution in [0.5, 0.6) is 0 Å². The van der Waals surface area contributed by atoms with E-state index in [0.717, 1.165) is 38.9 Å². The summed E-state index contributed by atoms with van der Waals surface area (Å²) in [6.07, 6.45) is 0. The Bertz CT molecular complexity index is 1350. The van der Waals surface area contributed by atoms with E-state index in [2.05, 4.69) is 54.7 Å². The summed E-state index contributed by atoms with van der Waals surface area (Å²) in [5.74, 6) is 1.57. The number of nitrogens with one attached hydrogen (secondary N) is 1. The van der Waals surface area contributed by atoms with Gasteiger partial charge in [0, 0.05) is 26.9 Å². The van der Waals surface area contributed by atoms with Gasteiger partial charge in [0.05, 0.1) is 16.8 Å². The largest absolute Gasteiger partial charge is 0.459 e.